The minimum Gasteiger partial charge on any atom is -0.293 e. The molecule has 0 radical (unpaired) electrons. The van der Waals surface area contributed by atoms with Crippen LogP contribution in [-0.2, 0) is 0 Å². The third-order valence-corrected chi connectivity index (χ3v) is 3.42. The molecule has 0 aromatic heterocycles. The van der Waals surface area contributed by atoms with Crippen LogP contribution in [0, 0.1) is 5.92 Å². The number of aliphatic imine (C=N–C) groups is 1. The van der Waals surface area contributed by atoms with Crippen LogP contribution in [0.3, 0.4) is 0 Å². The minimum absolute atomic E-state index is 0.627. The molecular formula is C20H33N. The lowest BCUT2D eigenvalue weighted by Crippen LogP contribution is -1.93. The molecule has 0 N–H and O–H groups in total. The first-order valence-electron chi connectivity index (χ1n) is 8.29. The van der Waals surface area contributed by atoms with E-state index in [9.17, 15) is 0 Å². The van der Waals surface area contributed by atoms with Crippen LogP contribution in [0.2, 0.25) is 0 Å². The molecule has 0 aliphatic rings. The van der Waals surface area contributed by atoms with Gasteiger partial charge < -0.3 is 0 Å². The average Bonchev–Trinajstić information content (AvgIpc) is 2.48. The van der Waals surface area contributed by atoms with Crippen molar-refractivity contribution in [3.8, 4) is 0 Å². The Kier molecular flexibility index (Phi) is 11.6. The summed E-state index contributed by atoms with van der Waals surface area (Å²) in [7, 11) is 0. The van der Waals surface area contributed by atoms with Crippen molar-refractivity contribution in [1.82, 2.24) is 0 Å². The fraction of sp³-hybridized carbons (Fsp3) is 0.550. The second-order valence-electron chi connectivity index (χ2n) is 5.43. The molecule has 0 aromatic carbocycles. The van der Waals surface area contributed by atoms with Gasteiger partial charge in [0.1, 0.15) is 0 Å². The Labute approximate surface area is 132 Å². The van der Waals surface area contributed by atoms with Crippen molar-refractivity contribution in [2.24, 2.45) is 10.9 Å². The second kappa shape index (κ2) is 12.4. The smallest absolute Gasteiger partial charge is 0.0635 e. The molecule has 0 saturated carbocycles. The van der Waals surface area contributed by atoms with Gasteiger partial charge in [0.05, 0.1) is 6.54 Å². The van der Waals surface area contributed by atoms with Crippen LogP contribution in [0.4, 0.5) is 0 Å². The molecular weight excluding hydrogens is 254 g/mol. The van der Waals surface area contributed by atoms with Gasteiger partial charge in [-0.15, -0.1) is 0 Å². The lowest BCUT2D eigenvalue weighted by atomic mass is 9.98. The van der Waals surface area contributed by atoms with Crippen LogP contribution < -0.4 is 0 Å². The molecule has 0 amide bonds. The van der Waals surface area contributed by atoms with Gasteiger partial charge in [0.15, 0.2) is 0 Å². The minimum atomic E-state index is 0.627. The van der Waals surface area contributed by atoms with Crippen molar-refractivity contribution in [2.75, 3.05) is 6.54 Å². The molecule has 118 valence electrons. The molecule has 0 spiro atoms. The maximum Gasteiger partial charge on any atom is 0.0635 e. The summed E-state index contributed by atoms with van der Waals surface area (Å²) in [4.78, 5) is 4.38. The van der Waals surface area contributed by atoms with E-state index in [4.69, 9.17) is 0 Å². The van der Waals surface area contributed by atoms with Gasteiger partial charge in [-0.1, -0.05) is 58.4 Å². The maximum absolute atomic E-state index is 4.38. The van der Waals surface area contributed by atoms with E-state index < -0.39 is 0 Å². The molecule has 1 nitrogen and oxygen atoms in total. The Balaban J connectivity index is 5.40. The van der Waals surface area contributed by atoms with Gasteiger partial charge in [0.25, 0.3) is 0 Å². The predicted octanol–water partition coefficient (Wildman–Crippen LogP) is 6.30. The van der Waals surface area contributed by atoms with Gasteiger partial charge in [-0.2, -0.15) is 0 Å². The van der Waals surface area contributed by atoms with Gasteiger partial charge in [-0.3, -0.25) is 4.99 Å². The van der Waals surface area contributed by atoms with E-state index in [2.05, 4.69) is 70.0 Å². The summed E-state index contributed by atoms with van der Waals surface area (Å²) >= 11 is 0. The summed E-state index contributed by atoms with van der Waals surface area (Å²) in [6.07, 6.45) is 16.5. The van der Waals surface area contributed by atoms with E-state index in [1.165, 1.54) is 23.1 Å². The van der Waals surface area contributed by atoms with Crippen LogP contribution in [-0.4, -0.2) is 12.8 Å². The van der Waals surface area contributed by atoms with Crippen molar-refractivity contribution in [3.63, 3.8) is 0 Å². The highest BCUT2D eigenvalue weighted by Gasteiger charge is 2.01. The fourth-order valence-corrected chi connectivity index (χ4v) is 2.01. The molecule has 0 bridgehead atoms. The molecule has 21 heavy (non-hydrogen) atoms. The zero-order valence-corrected chi connectivity index (χ0v) is 14.8. The van der Waals surface area contributed by atoms with E-state index in [-0.39, 0.29) is 0 Å². The summed E-state index contributed by atoms with van der Waals surface area (Å²) < 4.78 is 0. The quantitative estimate of drug-likeness (QED) is 0.348. The SMILES string of the molecule is C/C=N\C/C(C=CCC)=C/C(=C/CC)C(C)=CC(C)CC. The van der Waals surface area contributed by atoms with Crippen LogP contribution >= 0.6 is 0 Å². The van der Waals surface area contributed by atoms with E-state index >= 15 is 0 Å². The van der Waals surface area contributed by atoms with E-state index in [1.807, 2.05) is 13.1 Å². The Hall–Kier alpha value is -1.37. The molecule has 0 saturated heterocycles. The molecule has 0 fully saturated rings. The Bertz CT molecular complexity index is 419. The molecule has 0 rings (SSSR count). The monoisotopic (exact) mass is 287 g/mol. The van der Waals surface area contributed by atoms with Crippen LogP contribution in [0.25, 0.3) is 0 Å². The number of hydrogen-bond acceptors (Lipinski definition) is 1. The lowest BCUT2D eigenvalue weighted by molar-refractivity contribution is 0.694. The van der Waals surface area contributed by atoms with Gasteiger partial charge >= 0.3 is 0 Å². The largest absolute Gasteiger partial charge is 0.293 e. The Morgan fingerprint density at radius 1 is 1.14 bits per heavy atom. The zero-order chi connectivity index (χ0) is 16.1. The molecule has 0 aliphatic carbocycles. The maximum atomic E-state index is 4.38. The summed E-state index contributed by atoms with van der Waals surface area (Å²) in [5.74, 6) is 0.627. The predicted molar refractivity (Wildman–Crippen MR) is 98.1 cm³/mol. The average molecular weight is 287 g/mol. The summed E-state index contributed by atoms with van der Waals surface area (Å²) in [5, 5.41) is 0. The molecule has 0 heterocycles. The number of rotatable bonds is 9. The van der Waals surface area contributed by atoms with Crippen LogP contribution in [0.1, 0.15) is 60.8 Å². The molecule has 1 atom stereocenters. The van der Waals surface area contributed by atoms with Crippen molar-refractivity contribution in [2.45, 2.75) is 60.8 Å². The molecule has 1 unspecified atom stereocenters. The summed E-state index contributed by atoms with van der Waals surface area (Å²) in [6.45, 7) is 13.8. The lowest BCUT2D eigenvalue weighted by Gasteiger charge is -2.09. The van der Waals surface area contributed by atoms with Gasteiger partial charge in [0.2, 0.25) is 0 Å². The van der Waals surface area contributed by atoms with Gasteiger partial charge in [-0.05, 0) is 61.6 Å². The van der Waals surface area contributed by atoms with Gasteiger partial charge in [-0.25, -0.2) is 0 Å². The van der Waals surface area contributed by atoms with Crippen molar-refractivity contribution < 1.29 is 0 Å². The van der Waals surface area contributed by atoms with Crippen LogP contribution in [0.5, 0.6) is 0 Å². The second-order valence-corrected chi connectivity index (χ2v) is 5.43. The normalized spacial score (nSPS) is 16.2. The first-order valence-corrected chi connectivity index (χ1v) is 8.29. The summed E-state index contributed by atoms with van der Waals surface area (Å²) in [5.41, 5.74) is 3.97. The first-order chi connectivity index (χ1) is 10.1. The zero-order valence-electron chi connectivity index (χ0n) is 14.8. The number of nitrogens with zero attached hydrogens (tertiary/aromatic N) is 1. The first kappa shape index (κ1) is 19.6. The van der Waals surface area contributed by atoms with Crippen molar-refractivity contribution >= 4 is 6.21 Å². The van der Waals surface area contributed by atoms with E-state index in [1.54, 1.807) is 0 Å². The van der Waals surface area contributed by atoms with Crippen molar-refractivity contribution in [1.29, 1.82) is 0 Å². The van der Waals surface area contributed by atoms with Gasteiger partial charge in [0, 0.05) is 0 Å². The topological polar surface area (TPSA) is 12.4 Å². The van der Waals surface area contributed by atoms with Crippen molar-refractivity contribution in [3.05, 3.63) is 47.1 Å². The molecule has 0 aromatic rings. The third-order valence-electron chi connectivity index (χ3n) is 3.42. The molecule has 0 aliphatic heterocycles. The highest BCUT2D eigenvalue weighted by atomic mass is 14.7. The number of hydrogen-bond donors (Lipinski definition) is 0. The van der Waals surface area contributed by atoms with E-state index in [0.29, 0.717) is 5.92 Å². The Morgan fingerprint density at radius 3 is 2.38 bits per heavy atom. The Morgan fingerprint density at radius 2 is 1.86 bits per heavy atom. The van der Waals surface area contributed by atoms with Crippen LogP contribution in [0.15, 0.2) is 52.1 Å². The standard InChI is InChI=1S/C20H33N/c1-7-11-13-19(16-21-10-4)15-20(12-8-2)18(6)14-17(5)9-3/h10-15,17H,7-9,16H2,1-6H3/b13-11?,18-14?,19-15+,20-12-,21-10-. The van der Waals surface area contributed by atoms with E-state index in [0.717, 1.165) is 19.4 Å². The summed E-state index contributed by atoms with van der Waals surface area (Å²) in [6, 6.07) is 0. The number of allylic oxidation sites excluding steroid dienone is 6. The highest BCUT2D eigenvalue weighted by molar-refractivity contribution is 5.54. The molecule has 1 heteroatoms. The highest BCUT2D eigenvalue weighted by Crippen LogP contribution is 2.18. The fourth-order valence-electron chi connectivity index (χ4n) is 2.01. The third kappa shape index (κ3) is 9.23.